The molecule has 76 valence electrons. The van der Waals surface area contributed by atoms with Crippen LogP contribution in [0.4, 0.5) is 0 Å². The van der Waals surface area contributed by atoms with Crippen LogP contribution in [0.15, 0.2) is 18.9 Å². The zero-order valence-electron chi connectivity index (χ0n) is 8.16. The Bertz CT molecular complexity index is 315. The van der Waals surface area contributed by atoms with Crippen LogP contribution >= 0.6 is 11.6 Å². The molecule has 1 heterocycles. The van der Waals surface area contributed by atoms with Crippen LogP contribution in [0.1, 0.15) is 18.4 Å². The number of hydrogen-bond donors (Lipinski definition) is 0. The second-order valence-electron chi connectivity index (χ2n) is 2.91. The fourth-order valence-electron chi connectivity index (χ4n) is 0.949. The number of hydrogen-bond acceptors (Lipinski definition) is 3. The van der Waals surface area contributed by atoms with Crippen molar-refractivity contribution in [3.05, 3.63) is 29.7 Å². The molecule has 4 heteroatoms. The third-order valence-electron chi connectivity index (χ3n) is 1.69. The van der Waals surface area contributed by atoms with Gasteiger partial charge in [0.2, 0.25) is 11.2 Å². The van der Waals surface area contributed by atoms with E-state index < -0.39 is 0 Å². The molecule has 1 rings (SSSR count). The quantitative estimate of drug-likeness (QED) is 0.428. The smallest absolute Gasteiger partial charge is 0.225 e. The molecule has 0 bridgehead atoms. The Balaban J connectivity index is 2.49. The summed E-state index contributed by atoms with van der Waals surface area (Å²) in [6, 6.07) is 0. The molecule has 1 aromatic heterocycles. The van der Waals surface area contributed by atoms with Crippen molar-refractivity contribution < 1.29 is 4.74 Å². The Morgan fingerprint density at radius 1 is 1.64 bits per heavy atom. The van der Waals surface area contributed by atoms with Gasteiger partial charge in [0.1, 0.15) is 0 Å². The van der Waals surface area contributed by atoms with Gasteiger partial charge in [0.15, 0.2) is 0 Å². The fourth-order valence-corrected chi connectivity index (χ4v) is 1.07. The van der Waals surface area contributed by atoms with Gasteiger partial charge in [-0.3, -0.25) is 0 Å². The van der Waals surface area contributed by atoms with E-state index in [1.54, 1.807) is 6.20 Å². The molecule has 0 N–H and O–H groups in total. The highest BCUT2D eigenvalue weighted by molar-refractivity contribution is 6.28. The van der Waals surface area contributed by atoms with E-state index in [-0.39, 0.29) is 5.28 Å². The van der Waals surface area contributed by atoms with E-state index in [1.165, 1.54) is 0 Å². The lowest BCUT2D eigenvalue weighted by atomic mass is 10.3. The second kappa shape index (κ2) is 5.60. The van der Waals surface area contributed by atoms with E-state index in [9.17, 15) is 0 Å². The Morgan fingerprint density at radius 2 is 2.43 bits per heavy atom. The summed E-state index contributed by atoms with van der Waals surface area (Å²) in [5, 5.41) is 0.217. The van der Waals surface area contributed by atoms with Gasteiger partial charge in [0.25, 0.3) is 0 Å². The van der Waals surface area contributed by atoms with Gasteiger partial charge in [-0.15, -0.1) is 6.58 Å². The molecule has 0 unspecified atom stereocenters. The van der Waals surface area contributed by atoms with Gasteiger partial charge in [-0.25, -0.2) is 4.98 Å². The van der Waals surface area contributed by atoms with Crippen LogP contribution in [0, 0.1) is 6.92 Å². The molecule has 14 heavy (non-hydrogen) atoms. The predicted molar refractivity (Wildman–Crippen MR) is 56.7 cm³/mol. The minimum absolute atomic E-state index is 0.217. The number of ether oxygens (including phenoxy) is 1. The predicted octanol–water partition coefficient (Wildman–Crippen LogP) is 2.78. The van der Waals surface area contributed by atoms with Gasteiger partial charge in [-0.2, -0.15) is 4.98 Å². The Hall–Kier alpha value is -1.09. The van der Waals surface area contributed by atoms with Gasteiger partial charge >= 0.3 is 0 Å². The molecule has 0 saturated carbocycles. The minimum atomic E-state index is 0.217. The van der Waals surface area contributed by atoms with Gasteiger partial charge in [-0.1, -0.05) is 6.08 Å². The molecule has 0 aromatic carbocycles. The molecular formula is C10H13ClN2O. The molecular weight excluding hydrogens is 200 g/mol. The first-order chi connectivity index (χ1) is 6.74. The van der Waals surface area contributed by atoms with Gasteiger partial charge in [0.05, 0.1) is 6.61 Å². The van der Waals surface area contributed by atoms with Gasteiger partial charge in [0, 0.05) is 11.8 Å². The summed E-state index contributed by atoms with van der Waals surface area (Å²) in [7, 11) is 0. The fraction of sp³-hybridized carbons (Fsp3) is 0.400. The maximum absolute atomic E-state index is 5.64. The molecule has 0 fully saturated rings. The summed E-state index contributed by atoms with van der Waals surface area (Å²) in [4.78, 5) is 7.82. The lowest BCUT2D eigenvalue weighted by Crippen LogP contribution is -2.01. The third kappa shape index (κ3) is 3.34. The normalized spacial score (nSPS) is 9.86. The number of nitrogens with zero attached hydrogens (tertiary/aromatic N) is 2. The largest absolute Gasteiger partial charge is 0.477 e. The van der Waals surface area contributed by atoms with Crippen LogP contribution < -0.4 is 4.74 Å². The number of aromatic nitrogens is 2. The highest BCUT2D eigenvalue weighted by Gasteiger charge is 2.02. The maximum atomic E-state index is 5.64. The summed E-state index contributed by atoms with van der Waals surface area (Å²) in [6.45, 7) is 6.15. The van der Waals surface area contributed by atoms with Crippen molar-refractivity contribution in [2.75, 3.05) is 6.61 Å². The van der Waals surface area contributed by atoms with Crippen LogP contribution in [0.2, 0.25) is 5.28 Å². The zero-order chi connectivity index (χ0) is 10.4. The number of unbranched alkanes of at least 4 members (excludes halogenated alkanes) is 1. The van der Waals surface area contributed by atoms with Crippen LogP contribution in [-0.2, 0) is 0 Å². The molecule has 0 aliphatic heterocycles. The number of allylic oxidation sites excluding steroid dienone is 1. The molecule has 0 aliphatic carbocycles. The lowest BCUT2D eigenvalue weighted by molar-refractivity contribution is 0.297. The second-order valence-corrected chi connectivity index (χ2v) is 3.24. The van der Waals surface area contributed by atoms with Crippen LogP contribution in [0.25, 0.3) is 0 Å². The zero-order valence-corrected chi connectivity index (χ0v) is 8.92. The van der Waals surface area contributed by atoms with Gasteiger partial charge in [-0.05, 0) is 31.4 Å². The van der Waals surface area contributed by atoms with E-state index in [0.717, 1.165) is 18.4 Å². The highest BCUT2D eigenvalue weighted by atomic mass is 35.5. The standard InChI is InChI=1S/C10H13ClN2O/c1-3-4-5-6-14-9-8(2)7-12-10(11)13-9/h3,7H,1,4-6H2,2H3. The molecule has 0 saturated heterocycles. The summed E-state index contributed by atoms with van der Waals surface area (Å²) < 4.78 is 5.44. The van der Waals surface area contributed by atoms with E-state index in [0.29, 0.717) is 12.5 Å². The van der Waals surface area contributed by atoms with Crippen LogP contribution in [0.3, 0.4) is 0 Å². The summed E-state index contributed by atoms with van der Waals surface area (Å²) in [6.07, 6.45) is 5.39. The van der Waals surface area contributed by atoms with Gasteiger partial charge < -0.3 is 4.74 Å². The van der Waals surface area contributed by atoms with Crippen molar-refractivity contribution in [1.82, 2.24) is 9.97 Å². The minimum Gasteiger partial charge on any atom is -0.477 e. The Morgan fingerprint density at radius 3 is 3.14 bits per heavy atom. The van der Waals surface area contributed by atoms with Crippen molar-refractivity contribution in [3.63, 3.8) is 0 Å². The summed E-state index contributed by atoms with van der Waals surface area (Å²) in [5.74, 6) is 0.564. The molecule has 3 nitrogen and oxygen atoms in total. The molecule has 0 amide bonds. The number of rotatable bonds is 5. The Kier molecular flexibility index (Phi) is 4.40. The summed E-state index contributed by atoms with van der Waals surface area (Å²) >= 11 is 5.64. The van der Waals surface area contributed by atoms with Crippen molar-refractivity contribution in [1.29, 1.82) is 0 Å². The van der Waals surface area contributed by atoms with E-state index in [1.807, 2.05) is 13.0 Å². The highest BCUT2D eigenvalue weighted by Crippen LogP contribution is 2.15. The van der Waals surface area contributed by atoms with Crippen LogP contribution in [-0.4, -0.2) is 16.6 Å². The Labute approximate surface area is 88.8 Å². The van der Waals surface area contributed by atoms with Crippen molar-refractivity contribution in [2.24, 2.45) is 0 Å². The molecule has 0 radical (unpaired) electrons. The van der Waals surface area contributed by atoms with Crippen LogP contribution in [0.5, 0.6) is 5.88 Å². The molecule has 0 aliphatic rings. The first-order valence-electron chi connectivity index (χ1n) is 4.47. The lowest BCUT2D eigenvalue weighted by Gasteiger charge is -2.06. The SMILES string of the molecule is C=CCCCOc1nc(Cl)ncc1C. The number of halogens is 1. The van der Waals surface area contributed by atoms with E-state index in [4.69, 9.17) is 16.3 Å². The maximum Gasteiger partial charge on any atom is 0.225 e. The molecule has 0 spiro atoms. The molecule has 0 atom stereocenters. The first-order valence-corrected chi connectivity index (χ1v) is 4.84. The van der Waals surface area contributed by atoms with Crippen molar-refractivity contribution in [2.45, 2.75) is 19.8 Å². The van der Waals surface area contributed by atoms with Crippen molar-refractivity contribution in [3.8, 4) is 5.88 Å². The average Bonchev–Trinajstić information content (AvgIpc) is 2.18. The summed E-state index contributed by atoms with van der Waals surface area (Å²) in [5.41, 5.74) is 0.896. The average molecular weight is 213 g/mol. The molecule has 1 aromatic rings. The van der Waals surface area contributed by atoms with Crippen molar-refractivity contribution >= 4 is 11.6 Å². The topological polar surface area (TPSA) is 35.0 Å². The van der Waals surface area contributed by atoms with E-state index >= 15 is 0 Å². The first kappa shape index (κ1) is 11.0. The third-order valence-corrected chi connectivity index (χ3v) is 1.87. The monoisotopic (exact) mass is 212 g/mol. The number of aryl methyl sites for hydroxylation is 1. The van der Waals surface area contributed by atoms with E-state index in [2.05, 4.69) is 16.5 Å².